The quantitative estimate of drug-likeness (QED) is 0.900. The van der Waals surface area contributed by atoms with E-state index in [0.717, 1.165) is 43.1 Å². The van der Waals surface area contributed by atoms with Crippen LogP contribution in [0.3, 0.4) is 0 Å². The van der Waals surface area contributed by atoms with E-state index in [1.807, 2.05) is 19.2 Å². The van der Waals surface area contributed by atoms with Gasteiger partial charge in [-0.2, -0.15) is 0 Å². The molecule has 1 saturated heterocycles. The molecule has 1 aromatic carbocycles. The van der Waals surface area contributed by atoms with Crippen molar-refractivity contribution in [2.24, 2.45) is 0 Å². The lowest BCUT2D eigenvalue weighted by Gasteiger charge is -2.28. The van der Waals surface area contributed by atoms with Gasteiger partial charge in [0.25, 0.3) is 0 Å². The van der Waals surface area contributed by atoms with Gasteiger partial charge >= 0.3 is 0 Å². The Morgan fingerprint density at radius 3 is 2.70 bits per heavy atom. The summed E-state index contributed by atoms with van der Waals surface area (Å²) >= 11 is 0. The second kappa shape index (κ2) is 7.29. The fourth-order valence-corrected chi connectivity index (χ4v) is 3.64. The average molecular weight is 298 g/mol. The molecule has 2 rings (SSSR count). The molecule has 1 aromatic rings. The maximum Gasteiger partial charge on any atom is 0.126 e. The maximum absolute atomic E-state index is 13.6. The molecule has 1 unspecified atom stereocenters. The lowest BCUT2D eigenvalue weighted by atomic mass is 10.0. The normalized spacial score (nSPS) is 19.1. The molecule has 1 fully saturated rings. The van der Waals surface area contributed by atoms with Crippen molar-refractivity contribution in [3.63, 3.8) is 0 Å². The summed E-state index contributed by atoms with van der Waals surface area (Å²) in [7, 11) is 1.28. The summed E-state index contributed by atoms with van der Waals surface area (Å²) in [6.45, 7) is 4.55. The third kappa shape index (κ3) is 4.11. The summed E-state index contributed by atoms with van der Waals surface area (Å²) in [6.07, 6.45) is 0.936. The van der Waals surface area contributed by atoms with Crippen molar-refractivity contribution in [1.82, 2.24) is 10.2 Å². The minimum Gasteiger partial charge on any atom is -0.313 e. The zero-order chi connectivity index (χ0) is 14.5. The lowest BCUT2D eigenvalue weighted by molar-refractivity contribution is 0.281. The molecule has 112 valence electrons. The van der Waals surface area contributed by atoms with Gasteiger partial charge in [0.1, 0.15) is 5.82 Å². The van der Waals surface area contributed by atoms with Crippen LogP contribution in [-0.4, -0.2) is 47.3 Å². The SMILES string of the molecule is CNC(CCN1CCS(=O)CC1)c1ccc(C)c(F)c1. The second-order valence-corrected chi connectivity index (χ2v) is 7.02. The molecule has 1 aliphatic heterocycles. The van der Waals surface area contributed by atoms with Crippen molar-refractivity contribution >= 4 is 10.8 Å². The molecule has 0 amide bonds. The molecular weight excluding hydrogens is 275 g/mol. The molecule has 0 saturated carbocycles. The van der Waals surface area contributed by atoms with Gasteiger partial charge in [-0.15, -0.1) is 0 Å². The van der Waals surface area contributed by atoms with E-state index >= 15 is 0 Å². The van der Waals surface area contributed by atoms with E-state index in [4.69, 9.17) is 0 Å². The molecule has 3 nitrogen and oxygen atoms in total. The Balaban J connectivity index is 1.91. The number of rotatable bonds is 5. The molecule has 1 atom stereocenters. The largest absolute Gasteiger partial charge is 0.313 e. The minimum absolute atomic E-state index is 0.142. The van der Waals surface area contributed by atoms with Gasteiger partial charge in [0, 0.05) is 48.0 Å². The van der Waals surface area contributed by atoms with Crippen LogP contribution in [0.1, 0.15) is 23.6 Å². The fraction of sp³-hybridized carbons (Fsp3) is 0.600. The Labute approximate surface area is 123 Å². The van der Waals surface area contributed by atoms with Gasteiger partial charge in [-0.25, -0.2) is 4.39 Å². The first-order valence-electron chi connectivity index (χ1n) is 7.11. The van der Waals surface area contributed by atoms with Gasteiger partial charge in [0.2, 0.25) is 0 Å². The standard InChI is InChI=1S/C15H23FN2OS/c1-12-3-4-13(11-14(12)16)15(17-2)5-6-18-7-9-20(19)10-8-18/h3-4,11,15,17H,5-10H2,1-2H3. The van der Waals surface area contributed by atoms with E-state index in [0.29, 0.717) is 5.56 Å². The number of halogens is 1. The van der Waals surface area contributed by atoms with Crippen LogP contribution in [0.5, 0.6) is 0 Å². The van der Waals surface area contributed by atoms with E-state index < -0.39 is 10.8 Å². The van der Waals surface area contributed by atoms with Crippen molar-refractivity contribution in [2.45, 2.75) is 19.4 Å². The smallest absolute Gasteiger partial charge is 0.126 e. The Kier molecular flexibility index (Phi) is 5.69. The first kappa shape index (κ1) is 15.6. The van der Waals surface area contributed by atoms with Crippen molar-refractivity contribution in [1.29, 1.82) is 0 Å². The average Bonchev–Trinajstić information content (AvgIpc) is 2.45. The minimum atomic E-state index is -0.626. The molecule has 1 aliphatic rings. The third-order valence-corrected chi connectivity index (χ3v) is 5.23. The molecule has 0 spiro atoms. The predicted octanol–water partition coefficient (Wildman–Crippen LogP) is 1.85. The Morgan fingerprint density at radius 1 is 1.40 bits per heavy atom. The van der Waals surface area contributed by atoms with Crippen molar-refractivity contribution < 1.29 is 8.60 Å². The monoisotopic (exact) mass is 298 g/mol. The number of nitrogens with zero attached hydrogens (tertiary/aromatic N) is 1. The summed E-state index contributed by atoms with van der Waals surface area (Å²) in [5, 5.41) is 3.26. The molecule has 1 heterocycles. The molecular formula is C15H23FN2OS. The zero-order valence-corrected chi connectivity index (χ0v) is 13.0. The first-order valence-corrected chi connectivity index (χ1v) is 8.59. The van der Waals surface area contributed by atoms with Crippen LogP contribution in [0.15, 0.2) is 18.2 Å². The zero-order valence-electron chi connectivity index (χ0n) is 12.2. The lowest BCUT2D eigenvalue weighted by Crippen LogP contribution is -2.39. The van der Waals surface area contributed by atoms with Crippen LogP contribution < -0.4 is 5.32 Å². The summed E-state index contributed by atoms with van der Waals surface area (Å²) < 4.78 is 25.0. The van der Waals surface area contributed by atoms with E-state index in [9.17, 15) is 8.60 Å². The van der Waals surface area contributed by atoms with Crippen LogP contribution >= 0.6 is 0 Å². The number of benzene rings is 1. The van der Waals surface area contributed by atoms with Crippen LogP contribution in [0.25, 0.3) is 0 Å². The highest BCUT2D eigenvalue weighted by molar-refractivity contribution is 7.85. The van der Waals surface area contributed by atoms with Crippen LogP contribution in [0, 0.1) is 12.7 Å². The summed E-state index contributed by atoms with van der Waals surface area (Å²) in [5.41, 5.74) is 1.68. The summed E-state index contributed by atoms with van der Waals surface area (Å²) in [5.74, 6) is 1.42. The number of aryl methyl sites for hydroxylation is 1. The first-order chi connectivity index (χ1) is 9.60. The molecule has 0 bridgehead atoms. The molecule has 20 heavy (non-hydrogen) atoms. The van der Waals surface area contributed by atoms with Gasteiger partial charge in [0.15, 0.2) is 0 Å². The van der Waals surface area contributed by atoms with Gasteiger partial charge < -0.3 is 10.2 Å². The third-order valence-electron chi connectivity index (χ3n) is 3.95. The van der Waals surface area contributed by atoms with Gasteiger partial charge in [-0.3, -0.25) is 4.21 Å². The number of hydrogen-bond acceptors (Lipinski definition) is 3. The van der Waals surface area contributed by atoms with Gasteiger partial charge in [-0.05, 0) is 37.6 Å². The van der Waals surface area contributed by atoms with E-state index in [1.54, 1.807) is 13.0 Å². The summed E-state index contributed by atoms with van der Waals surface area (Å²) in [6, 6.07) is 5.61. The van der Waals surface area contributed by atoms with Crippen molar-refractivity contribution in [2.75, 3.05) is 38.2 Å². The van der Waals surface area contributed by atoms with Gasteiger partial charge in [-0.1, -0.05) is 12.1 Å². The molecule has 0 radical (unpaired) electrons. The van der Waals surface area contributed by atoms with E-state index in [-0.39, 0.29) is 11.9 Å². The van der Waals surface area contributed by atoms with Crippen LogP contribution in [-0.2, 0) is 10.8 Å². The molecule has 5 heteroatoms. The number of hydrogen-bond donors (Lipinski definition) is 1. The predicted molar refractivity (Wildman–Crippen MR) is 81.9 cm³/mol. The molecule has 1 N–H and O–H groups in total. The topological polar surface area (TPSA) is 32.3 Å². The highest BCUT2D eigenvalue weighted by Crippen LogP contribution is 2.20. The van der Waals surface area contributed by atoms with E-state index in [1.165, 1.54) is 0 Å². The second-order valence-electron chi connectivity index (χ2n) is 5.33. The molecule has 0 aromatic heterocycles. The fourth-order valence-electron chi connectivity index (χ4n) is 2.51. The highest BCUT2D eigenvalue weighted by Gasteiger charge is 2.17. The maximum atomic E-state index is 13.6. The highest BCUT2D eigenvalue weighted by atomic mass is 32.2. The van der Waals surface area contributed by atoms with Crippen molar-refractivity contribution in [3.05, 3.63) is 35.1 Å². The van der Waals surface area contributed by atoms with Crippen molar-refractivity contribution in [3.8, 4) is 0 Å². The Hall–Kier alpha value is -0.780. The van der Waals surface area contributed by atoms with Crippen LogP contribution in [0.4, 0.5) is 4.39 Å². The van der Waals surface area contributed by atoms with Gasteiger partial charge in [0.05, 0.1) is 0 Å². The Bertz CT molecular complexity index is 471. The Morgan fingerprint density at radius 2 is 2.10 bits per heavy atom. The van der Waals surface area contributed by atoms with E-state index in [2.05, 4.69) is 10.2 Å². The molecule has 0 aliphatic carbocycles. The number of nitrogens with one attached hydrogen (secondary N) is 1. The summed E-state index contributed by atoms with van der Waals surface area (Å²) in [4.78, 5) is 2.34. The van der Waals surface area contributed by atoms with Crippen LogP contribution in [0.2, 0.25) is 0 Å².